The molecule has 150 valence electrons. The molecule has 0 rings (SSSR count). The second kappa shape index (κ2) is 12.5. The molecular formula is C16H30N4O5S. The summed E-state index contributed by atoms with van der Waals surface area (Å²) in [6, 6.07) is -2.46. The Bertz CT molecular complexity index is 501. The van der Waals surface area contributed by atoms with Crippen LogP contribution < -0.4 is 21.7 Å². The van der Waals surface area contributed by atoms with E-state index in [1.54, 1.807) is 0 Å². The average molecular weight is 391 g/mol. The van der Waals surface area contributed by atoms with E-state index in [9.17, 15) is 19.2 Å². The predicted molar refractivity (Wildman–Crippen MR) is 101 cm³/mol. The predicted octanol–water partition coefficient (Wildman–Crippen LogP) is -0.697. The van der Waals surface area contributed by atoms with Gasteiger partial charge in [0.05, 0.1) is 6.04 Å². The number of rotatable bonds is 12. The van der Waals surface area contributed by atoms with Crippen LogP contribution in [0.4, 0.5) is 0 Å². The zero-order chi connectivity index (χ0) is 20.3. The van der Waals surface area contributed by atoms with Gasteiger partial charge in [-0.05, 0) is 37.7 Å². The third-order valence-corrected chi connectivity index (χ3v) is 4.12. The molecule has 0 heterocycles. The minimum absolute atomic E-state index is 0.244. The lowest BCUT2D eigenvalue weighted by atomic mass is 10.0. The van der Waals surface area contributed by atoms with Crippen LogP contribution in [-0.4, -0.2) is 65.5 Å². The topological polar surface area (TPSA) is 151 Å². The second-order valence-electron chi connectivity index (χ2n) is 6.42. The van der Waals surface area contributed by atoms with E-state index in [-0.39, 0.29) is 5.92 Å². The average Bonchev–Trinajstić information content (AvgIpc) is 2.55. The molecule has 0 aliphatic heterocycles. The van der Waals surface area contributed by atoms with Crippen molar-refractivity contribution in [1.82, 2.24) is 16.0 Å². The van der Waals surface area contributed by atoms with E-state index >= 15 is 0 Å². The first-order valence-corrected chi connectivity index (χ1v) is 9.82. The number of hydrogen-bond donors (Lipinski definition) is 5. The van der Waals surface area contributed by atoms with Gasteiger partial charge in [0.25, 0.3) is 0 Å². The summed E-state index contributed by atoms with van der Waals surface area (Å²) in [4.78, 5) is 46.9. The molecule has 0 radical (unpaired) electrons. The number of carbonyl (C=O) groups is 4. The number of aliphatic carboxylic acids is 1. The third kappa shape index (κ3) is 10.2. The highest BCUT2D eigenvalue weighted by atomic mass is 32.2. The zero-order valence-electron chi connectivity index (χ0n) is 15.7. The molecule has 0 aliphatic carbocycles. The van der Waals surface area contributed by atoms with Gasteiger partial charge >= 0.3 is 5.97 Å². The standard InChI is InChI=1S/C16H30N4O5S/c1-9(2)7-11(17)15(24)19-10(3)14(23)20-12(5-6-26-4)16(25)18-8-13(21)22/h9-12H,5-8,17H2,1-4H3,(H,18,25)(H,19,24)(H,20,23)(H,21,22). The van der Waals surface area contributed by atoms with Crippen molar-refractivity contribution in [3.8, 4) is 0 Å². The van der Waals surface area contributed by atoms with E-state index in [1.807, 2.05) is 20.1 Å². The summed E-state index contributed by atoms with van der Waals surface area (Å²) < 4.78 is 0. The van der Waals surface area contributed by atoms with Crippen LogP contribution in [0, 0.1) is 5.92 Å². The number of nitrogens with two attached hydrogens (primary N) is 1. The van der Waals surface area contributed by atoms with Gasteiger partial charge < -0.3 is 26.8 Å². The summed E-state index contributed by atoms with van der Waals surface area (Å²) in [5.74, 6) is -1.87. The highest BCUT2D eigenvalue weighted by molar-refractivity contribution is 7.98. The summed E-state index contributed by atoms with van der Waals surface area (Å²) in [5, 5.41) is 16.0. The molecule has 0 aromatic rings. The van der Waals surface area contributed by atoms with Crippen molar-refractivity contribution in [2.24, 2.45) is 11.7 Å². The highest BCUT2D eigenvalue weighted by Crippen LogP contribution is 2.04. The van der Waals surface area contributed by atoms with Gasteiger partial charge in [0, 0.05) is 0 Å². The molecule has 0 aromatic carbocycles. The van der Waals surface area contributed by atoms with Gasteiger partial charge in [-0.15, -0.1) is 0 Å². The van der Waals surface area contributed by atoms with Crippen LogP contribution >= 0.6 is 11.8 Å². The number of nitrogens with one attached hydrogen (secondary N) is 3. The minimum atomic E-state index is -1.17. The van der Waals surface area contributed by atoms with E-state index in [4.69, 9.17) is 10.8 Å². The van der Waals surface area contributed by atoms with E-state index in [2.05, 4.69) is 16.0 Å². The lowest BCUT2D eigenvalue weighted by Crippen LogP contribution is -2.55. The molecule has 3 amide bonds. The van der Waals surface area contributed by atoms with E-state index in [0.717, 1.165) is 0 Å². The van der Waals surface area contributed by atoms with Crippen molar-refractivity contribution in [1.29, 1.82) is 0 Å². The quantitative estimate of drug-likeness (QED) is 0.296. The molecule has 10 heteroatoms. The first-order chi connectivity index (χ1) is 12.1. The van der Waals surface area contributed by atoms with E-state index in [1.165, 1.54) is 18.7 Å². The van der Waals surface area contributed by atoms with E-state index in [0.29, 0.717) is 18.6 Å². The van der Waals surface area contributed by atoms with Crippen molar-refractivity contribution in [3.05, 3.63) is 0 Å². The van der Waals surface area contributed by atoms with Gasteiger partial charge in [-0.2, -0.15) is 11.8 Å². The number of carbonyl (C=O) groups excluding carboxylic acids is 3. The third-order valence-electron chi connectivity index (χ3n) is 3.47. The fourth-order valence-corrected chi connectivity index (χ4v) is 2.56. The molecule has 3 unspecified atom stereocenters. The van der Waals surface area contributed by atoms with Crippen LogP contribution in [0.5, 0.6) is 0 Å². The van der Waals surface area contributed by atoms with Crippen LogP contribution in [0.15, 0.2) is 0 Å². The zero-order valence-corrected chi connectivity index (χ0v) is 16.5. The molecule has 0 saturated carbocycles. The molecule has 0 aliphatic rings. The minimum Gasteiger partial charge on any atom is -0.480 e. The Morgan fingerprint density at radius 1 is 1.04 bits per heavy atom. The monoisotopic (exact) mass is 390 g/mol. The fraction of sp³-hybridized carbons (Fsp3) is 0.750. The highest BCUT2D eigenvalue weighted by Gasteiger charge is 2.25. The number of thioether (sulfide) groups is 1. The fourth-order valence-electron chi connectivity index (χ4n) is 2.09. The molecule has 9 nitrogen and oxygen atoms in total. The first kappa shape index (κ1) is 24.2. The van der Waals surface area contributed by atoms with Crippen LogP contribution in [-0.2, 0) is 19.2 Å². The van der Waals surface area contributed by atoms with Crippen molar-refractivity contribution in [2.75, 3.05) is 18.6 Å². The van der Waals surface area contributed by atoms with Crippen molar-refractivity contribution < 1.29 is 24.3 Å². The molecular weight excluding hydrogens is 360 g/mol. The number of hydrogen-bond acceptors (Lipinski definition) is 6. The summed E-state index contributed by atoms with van der Waals surface area (Å²) in [5.41, 5.74) is 5.78. The number of amides is 3. The summed E-state index contributed by atoms with van der Waals surface area (Å²) in [7, 11) is 0. The SMILES string of the molecule is CSCCC(NC(=O)C(C)NC(=O)C(N)CC(C)C)C(=O)NCC(=O)O. The van der Waals surface area contributed by atoms with Crippen molar-refractivity contribution in [2.45, 2.75) is 51.7 Å². The Morgan fingerprint density at radius 2 is 1.65 bits per heavy atom. The Balaban J connectivity index is 4.72. The molecule has 0 saturated heterocycles. The van der Waals surface area contributed by atoms with Crippen molar-refractivity contribution in [3.63, 3.8) is 0 Å². The van der Waals surface area contributed by atoms with Gasteiger partial charge in [-0.1, -0.05) is 13.8 Å². The summed E-state index contributed by atoms with van der Waals surface area (Å²) in [6.45, 7) is 4.85. The first-order valence-electron chi connectivity index (χ1n) is 8.43. The summed E-state index contributed by atoms with van der Waals surface area (Å²) in [6.07, 6.45) is 2.69. The maximum atomic E-state index is 12.3. The Morgan fingerprint density at radius 3 is 2.15 bits per heavy atom. The largest absolute Gasteiger partial charge is 0.480 e. The van der Waals surface area contributed by atoms with Crippen LogP contribution in [0.25, 0.3) is 0 Å². The molecule has 0 bridgehead atoms. The normalized spacial score (nSPS) is 14.2. The van der Waals surface area contributed by atoms with E-state index < -0.39 is 48.4 Å². The molecule has 26 heavy (non-hydrogen) atoms. The lowest BCUT2D eigenvalue weighted by molar-refractivity contribution is -0.138. The number of carboxylic acids is 1. The lowest BCUT2D eigenvalue weighted by Gasteiger charge is -2.22. The van der Waals surface area contributed by atoms with Crippen LogP contribution in [0.3, 0.4) is 0 Å². The molecule has 0 fully saturated rings. The maximum Gasteiger partial charge on any atom is 0.322 e. The second-order valence-corrected chi connectivity index (χ2v) is 7.41. The van der Waals surface area contributed by atoms with Crippen molar-refractivity contribution >= 4 is 35.5 Å². The van der Waals surface area contributed by atoms with Crippen LogP contribution in [0.2, 0.25) is 0 Å². The Labute approximate surface area is 158 Å². The van der Waals surface area contributed by atoms with Gasteiger partial charge in [0.2, 0.25) is 17.7 Å². The summed E-state index contributed by atoms with van der Waals surface area (Å²) >= 11 is 1.49. The molecule has 3 atom stereocenters. The molecule has 6 N–H and O–H groups in total. The van der Waals surface area contributed by atoms with Gasteiger partial charge in [-0.3, -0.25) is 19.2 Å². The molecule has 0 aromatic heterocycles. The van der Waals surface area contributed by atoms with Gasteiger partial charge in [0.15, 0.2) is 0 Å². The maximum absolute atomic E-state index is 12.3. The number of carboxylic acid groups (broad SMARTS) is 1. The van der Waals surface area contributed by atoms with Gasteiger partial charge in [-0.25, -0.2) is 0 Å². The Kier molecular flexibility index (Phi) is 11.7. The smallest absolute Gasteiger partial charge is 0.322 e. The van der Waals surface area contributed by atoms with Crippen LogP contribution in [0.1, 0.15) is 33.6 Å². The Hall–Kier alpha value is -1.81. The van der Waals surface area contributed by atoms with Gasteiger partial charge in [0.1, 0.15) is 18.6 Å². The molecule has 0 spiro atoms.